The number of fused-ring (bicyclic) bond motifs is 8. The van der Waals surface area contributed by atoms with Gasteiger partial charge in [-0.25, -0.2) is 9.97 Å². The fraction of sp³-hybridized carbons (Fsp3) is 0. The van der Waals surface area contributed by atoms with E-state index >= 15 is 0 Å². The van der Waals surface area contributed by atoms with E-state index in [1.807, 2.05) is 0 Å². The van der Waals surface area contributed by atoms with Gasteiger partial charge in [-0.05, 0) is 99.8 Å². The molecule has 9 aromatic carbocycles. The van der Waals surface area contributed by atoms with E-state index in [1.165, 1.54) is 38.0 Å². The highest BCUT2D eigenvalue weighted by Gasteiger charge is 2.21. The Kier molecular flexibility index (Phi) is 7.20. The van der Waals surface area contributed by atoms with Gasteiger partial charge in [0.25, 0.3) is 0 Å². The van der Waals surface area contributed by atoms with Crippen LogP contribution in [0.2, 0.25) is 0 Å². The molecule has 58 heavy (non-hydrogen) atoms. The van der Waals surface area contributed by atoms with Gasteiger partial charge in [0.1, 0.15) is 5.82 Å². The van der Waals surface area contributed by atoms with Gasteiger partial charge in [0.05, 0.1) is 27.6 Å². The second-order valence-electron chi connectivity index (χ2n) is 15.0. The van der Waals surface area contributed by atoms with Crippen molar-refractivity contribution in [1.82, 2.24) is 19.1 Å². The first-order chi connectivity index (χ1) is 28.7. The van der Waals surface area contributed by atoms with Crippen LogP contribution in [0.1, 0.15) is 0 Å². The Morgan fingerprint density at radius 1 is 0.293 bits per heavy atom. The van der Waals surface area contributed by atoms with Gasteiger partial charge < -0.3 is 4.57 Å². The molecule has 0 N–H and O–H groups in total. The SMILES string of the molecule is c1ccc(-c2ccc3c(-n4c5cc(-c6ccccc6)ccc5c5cc6ccccc6cc54)nc(-c4ccc5c(c4)c4ccccc4n5-c4ccccc4)nc3c2)cc1. The topological polar surface area (TPSA) is 35.6 Å². The number of benzene rings is 9. The van der Waals surface area contributed by atoms with Gasteiger partial charge in [-0.3, -0.25) is 4.57 Å². The maximum absolute atomic E-state index is 5.60. The summed E-state index contributed by atoms with van der Waals surface area (Å²) in [7, 11) is 0. The van der Waals surface area contributed by atoms with E-state index in [4.69, 9.17) is 9.97 Å². The molecule has 0 atom stereocenters. The molecule has 0 saturated carbocycles. The molecule has 0 spiro atoms. The number of hydrogen-bond donors (Lipinski definition) is 0. The zero-order valence-electron chi connectivity index (χ0n) is 31.4. The van der Waals surface area contributed by atoms with Crippen molar-refractivity contribution < 1.29 is 0 Å². The molecule has 0 amide bonds. The molecule has 0 aliphatic heterocycles. The summed E-state index contributed by atoms with van der Waals surface area (Å²) in [5, 5.41) is 8.12. The zero-order chi connectivity index (χ0) is 38.2. The van der Waals surface area contributed by atoms with Crippen LogP contribution in [0.3, 0.4) is 0 Å². The number of aromatic nitrogens is 4. The fourth-order valence-electron chi connectivity index (χ4n) is 8.93. The molecule has 4 nitrogen and oxygen atoms in total. The van der Waals surface area contributed by atoms with Crippen LogP contribution in [-0.2, 0) is 0 Å². The second kappa shape index (κ2) is 12.9. The Morgan fingerprint density at radius 2 is 0.845 bits per heavy atom. The summed E-state index contributed by atoms with van der Waals surface area (Å²) < 4.78 is 4.72. The lowest BCUT2D eigenvalue weighted by molar-refractivity contribution is 1.08. The summed E-state index contributed by atoms with van der Waals surface area (Å²) in [6, 6.07) is 73.8. The van der Waals surface area contributed by atoms with Crippen LogP contribution in [0.15, 0.2) is 206 Å². The van der Waals surface area contributed by atoms with E-state index in [0.29, 0.717) is 5.82 Å². The molecule has 3 aromatic heterocycles. The standard InChI is InChI=1S/C54H34N4/c1-4-14-35(15-5-1)39-25-28-45-48(32-39)55-53(41-26-29-50-46(31-41)43-22-12-13-23-49(43)57(50)42-20-8-3-9-21-42)56-54(45)58-51-34-40(36-16-6-2-7-17-36)24-27-44(51)47-30-37-18-10-11-19-38(37)33-52(47)58/h1-34H. The Balaban J connectivity index is 1.17. The van der Waals surface area contributed by atoms with E-state index in [2.05, 4.69) is 215 Å². The van der Waals surface area contributed by atoms with Crippen molar-refractivity contribution in [2.45, 2.75) is 0 Å². The summed E-state index contributed by atoms with van der Waals surface area (Å²) in [5.74, 6) is 1.54. The minimum Gasteiger partial charge on any atom is -0.309 e. The van der Waals surface area contributed by atoms with E-state index in [9.17, 15) is 0 Å². The molecule has 3 heterocycles. The lowest BCUT2D eigenvalue weighted by Crippen LogP contribution is -2.03. The highest BCUT2D eigenvalue weighted by molar-refractivity contribution is 6.15. The number of hydrogen-bond acceptors (Lipinski definition) is 2. The molecule has 12 aromatic rings. The van der Waals surface area contributed by atoms with Crippen molar-refractivity contribution in [3.8, 4) is 45.1 Å². The van der Waals surface area contributed by atoms with Crippen LogP contribution < -0.4 is 0 Å². The van der Waals surface area contributed by atoms with Crippen LogP contribution in [0.4, 0.5) is 0 Å². The van der Waals surface area contributed by atoms with Crippen LogP contribution in [0, 0.1) is 0 Å². The molecule has 12 rings (SSSR count). The average molecular weight is 739 g/mol. The minimum absolute atomic E-state index is 0.682. The van der Waals surface area contributed by atoms with Gasteiger partial charge in [0.2, 0.25) is 0 Å². The Hall–Kier alpha value is -7.82. The Morgan fingerprint density at radius 3 is 1.60 bits per heavy atom. The van der Waals surface area contributed by atoms with Gasteiger partial charge in [-0.2, -0.15) is 0 Å². The van der Waals surface area contributed by atoms with Crippen LogP contribution >= 0.6 is 0 Å². The predicted molar refractivity (Wildman–Crippen MR) is 242 cm³/mol. The Labute approximate surface area is 334 Å². The first kappa shape index (κ1) is 32.4. The highest BCUT2D eigenvalue weighted by atomic mass is 15.1. The third-order valence-corrected chi connectivity index (χ3v) is 11.7. The summed E-state index contributed by atoms with van der Waals surface area (Å²) in [5.41, 5.74) is 12.1. The largest absolute Gasteiger partial charge is 0.309 e. The van der Waals surface area contributed by atoms with Crippen LogP contribution in [0.5, 0.6) is 0 Å². The van der Waals surface area contributed by atoms with Crippen molar-refractivity contribution >= 4 is 65.3 Å². The van der Waals surface area contributed by atoms with Crippen molar-refractivity contribution in [1.29, 1.82) is 0 Å². The average Bonchev–Trinajstić information content (AvgIpc) is 3.80. The Bertz CT molecular complexity index is 3550. The maximum atomic E-state index is 5.60. The minimum atomic E-state index is 0.682. The van der Waals surface area contributed by atoms with E-state index in [0.717, 1.165) is 66.6 Å². The zero-order valence-corrected chi connectivity index (χ0v) is 31.4. The van der Waals surface area contributed by atoms with Gasteiger partial charge >= 0.3 is 0 Å². The smallest absolute Gasteiger partial charge is 0.162 e. The number of rotatable bonds is 5. The van der Waals surface area contributed by atoms with E-state index in [-0.39, 0.29) is 0 Å². The monoisotopic (exact) mass is 738 g/mol. The third kappa shape index (κ3) is 5.09. The molecule has 0 saturated heterocycles. The molecular weight excluding hydrogens is 705 g/mol. The first-order valence-electron chi connectivity index (χ1n) is 19.7. The lowest BCUT2D eigenvalue weighted by Gasteiger charge is -2.14. The molecule has 0 aliphatic rings. The summed E-state index contributed by atoms with van der Waals surface area (Å²) in [4.78, 5) is 11.0. The van der Waals surface area contributed by atoms with Gasteiger partial charge in [0.15, 0.2) is 5.82 Å². The van der Waals surface area contributed by atoms with Crippen molar-refractivity contribution in [2.24, 2.45) is 0 Å². The molecule has 270 valence electrons. The summed E-state index contributed by atoms with van der Waals surface area (Å²) in [6.07, 6.45) is 0. The maximum Gasteiger partial charge on any atom is 0.162 e. The number of nitrogens with zero attached hydrogens (tertiary/aromatic N) is 4. The molecule has 0 bridgehead atoms. The van der Waals surface area contributed by atoms with Crippen molar-refractivity contribution in [3.63, 3.8) is 0 Å². The summed E-state index contributed by atoms with van der Waals surface area (Å²) in [6.45, 7) is 0. The molecule has 0 radical (unpaired) electrons. The molecule has 0 fully saturated rings. The first-order valence-corrected chi connectivity index (χ1v) is 19.7. The van der Waals surface area contributed by atoms with Crippen LogP contribution in [-0.4, -0.2) is 19.1 Å². The molecular formula is C54H34N4. The van der Waals surface area contributed by atoms with Crippen molar-refractivity contribution in [3.05, 3.63) is 206 Å². The number of para-hydroxylation sites is 2. The van der Waals surface area contributed by atoms with Gasteiger partial charge in [-0.15, -0.1) is 0 Å². The third-order valence-electron chi connectivity index (χ3n) is 11.7. The summed E-state index contributed by atoms with van der Waals surface area (Å²) >= 11 is 0. The molecule has 4 heteroatoms. The van der Waals surface area contributed by atoms with E-state index < -0.39 is 0 Å². The van der Waals surface area contributed by atoms with Crippen molar-refractivity contribution in [2.75, 3.05) is 0 Å². The molecule has 0 aliphatic carbocycles. The van der Waals surface area contributed by atoms with Crippen LogP contribution in [0.25, 0.3) is 110 Å². The fourth-order valence-corrected chi connectivity index (χ4v) is 8.93. The predicted octanol–water partition coefficient (Wildman–Crippen LogP) is 14.0. The van der Waals surface area contributed by atoms with Gasteiger partial charge in [0, 0.05) is 38.2 Å². The molecule has 0 unspecified atom stereocenters. The normalized spacial score (nSPS) is 11.8. The van der Waals surface area contributed by atoms with Gasteiger partial charge in [-0.1, -0.05) is 140 Å². The van der Waals surface area contributed by atoms with E-state index in [1.54, 1.807) is 0 Å². The highest BCUT2D eigenvalue weighted by Crippen LogP contribution is 2.40. The second-order valence-corrected chi connectivity index (χ2v) is 15.0. The lowest BCUT2D eigenvalue weighted by atomic mass is 10.0. The quantitative estimate of drug-likeness (QED) is 0.176.